The third kappa shape index (κ3) is 1.91. The van der Waals surface area contributed by atoms with E-state index in [9.17, 15) is 4.79 Å². The number of rotatable bonds is 2. The third-order valence-electron chi connectivity index (χ3n) is 2.22. The minimum absolute atomic E-state index is 0.347. The Morgan fingerprint density at radius 1 is 1.40 bits per heavy atom. The largest absolute Gasteiger partial charge is 0.466 e. The molecular formula is C12H11NO2. The lowest BCUT2D eigenvalue weighted by Crippen LogP contribution is -1.92. The van der Waals surface area contributed by atoms with Gasteiger partial charge in [-0.15, -0.1) is 0 Å². The Morgan fingerprint density at radius 2 is 2.20 bits per heavy atom. The van der Waals surface area contributed by atoms with Crippen molar-refractivity contribution in [3.05, 3.63) is 42.1 Å². The van der Waals surface area contributed by atoms with E-state index >= 15 is 0 Å². The molecule has 0 aliphatic heterocycles. The van der Waals surface area contributed by atoms with Gasteiger partial charge in [0.1, 0.15) is 0 Å². The van der Waals surface area contributed by atoms with Crippen LogP contribution in [-0.2, 0) is 9.53 Å². The van der Waals surface area contributed by atoms with Crippen molar-refractivity contribution in [2.45, 2.75) is 0 Å². The van der Waals surface area contributed by atoms with E-state index in [1.807, 2.05) is 30.5 Å². The first kappa shape index (κ1) is 9.52. The summed E-state index contributed by atoms with van der Waals surface area (Å²) in [6, 6.07) is 7.92. The fourth-order valence-corrected chi connectivity index (χ4v) is 1.46. The predicted octanol–water partition coefficient (Wildman–Crippen LogP) is 2.35. The van der Waals surface area contributed by atoms with Gasteiger partial charge in [0.05, 0.1) is 7.11 Å². The Balaban J connectivity index is 2.36. The third-order valence-corrected chi connectivity index (χ3v) is 2.22. The molecule has 3 heteroatoms. The van der Waals surface area contributed by atoms with Gasteiger partial charge in [-0.1, -0.05) is 18.2 Å². The second-order valence-electron chi connectivity index (χ2n) is 3.15. The number of benzene rings is 1. The number of methoxy groups -OCH3 is 1. The van der Waals surface area contributed by atoms with E-state index in [4.69, 9.17) is 0 Å². The summed E-state index contributed by atoms with van der Waals surface area (Å²) in [5.74, 6) is -0.347. The standard InChI is InChI=1S/C12H11NO2/c1-15-12(14)7-6-9-8-13-11-5-3-2-4-10(9)11/h2-8,13H,1H3/b7-6+. The van der Waals surface area contributed by atoms with E-state index in [-0.39, 0.29) is 5.97 Å². The highest BCUT2D eigenvalue weighted by Crippen LogP contribution is 2.18. The van der Waals surface area contributed by atoms with E-state index in [1.54, 1.807) is 6.08 Å². The molecule has 2 aromatic rings. The van der Waals surface area contributed by atoms with Crippen LogP contribution in [0.15, 0.2) is 36.5 Å². The molecule has 0 saturated carbocycles. The lowest BCUT2D eigenvalue weighted by atomic mass is 10.1. The fourth-order valence-electron chi connectivity index (χ4n) is 1.46. The Morgan fingerprint density at radius 3 is 3.00 bits per heavy atom. The molecule has 0 aliphatic rings. The maximum atomic E-state index is 10.9. The first-order chi connectivity index (χ1) is 7.31. The first-order valence-corrected chi connectivity index (χ1v) is 4.63. The highest BCUT2D eigenvalue weighted by molar-refractivity contribution is 5.93. The minimum atomic E-state index is -0.347. The number of ether oxygens (including phenoxy) is 1. The Hall–Kier alpha value is -2.03. The zero-order chi connectivity index (χ0) is 10.7. The van der Waals surface area contributed by atoms with Crippen LogP contribution in [0.1, 0.15) is 5.56 Å². The van der Waals surface area contributed by atoms with E-state index in [0.29, 0.717) is 0 Å². The van der Waals surface area contributed by atoms with Crippen molar-refractivity contribution in [1.82, 2.24) is 4.98 Å². The zero-order valence-corrected chi connectivity index (χ0v) is 8.36. The number of H-pyrrole nitrogens is 1. The molecule has 0 radical (unpaired) electrons. The molecule has 1 heterocycles. The Labute approximate surface area is 87.4 Å². The summed E-state index contributed by atoms with van der Waals surface area (Å²) in [4.78, 5) is 14.1. The van der Waals surface area contributed by atoms with Crippen LogP contribution in [0.3, 0.4) is 0 Å². The SMILES string of the molecule is COC(=O)/C=C/c1c[nH]c2ccccc12. The molecule has 0 fully saturated rings. The van der Waals surface area contributed by atoms with Gasteiger partial charge < -0.3 is 9.72 Å². The van der Waals surface area contributed by atoms with Crippen molar-refractivity contribution in [3.8, 4) is 0 Å². The molecule has 0 bridgehead atoms. The fraction of sp³-hybridized carbons (Fsp3) is 0.0833. The second-order valence-corrected chi connectivity index (χ2v) is 3.15. The first-order valence-electron chi connectivity index (χ1n) is 4.63. The summed E-state index contributed by atoms with van der Waals surface area (Å²) in [5, 5.41) is 1.10. The summed E-state index contributed by atoms with van der Waals surface area (Å²) in [7, 11) is 1.36. The Kier molecular flexibility index (Phi) is 2.54. The van der Waals surface area contributed by atoms with Gasteiger partial charge >= 0.3 is 5.97 Å². The van der Waals surface area contributed by atoms with Crippen LogP contribution in [0.5, 0.6) is 0 Å². The number of para-hydroxylation sites is 1. The molecule has 0 spiro atoms. The maximum absolute atomic E-state index is 10.9. The molecule has 15 heavy (non-hydrogen) atoms. The van der Waals surface area contributed by atoms with Crippen LogP contribution in [0, 0.1) is 0 Å². The number of hydrogen-bond acceptors (Lipinski definition) is 2. The summed E-state index contributed by atoms with van der Waals surface area (Å²) < 4.78 is 4.52. The highest BCUT2D eigenvalue weighted by atomic mass is 16.5. The number of carbonyl (C=O) groups is 1. The van der Waals surface area contributed by atoms with Crippen LogP contribution in [0.4, 0.5) is 0 Å². The summed E-state index contributed by atoms with van der Waals surface area (Å²) in [6.07, 6.45) is 5.02. The number of aromatic amines is 1. The van der Waals surface area contributed by atoms with Crippen molar-refractivity contribution in [2.24, 2.45) is 0 Å². The average Bonchev–Trinajstić information content (AvgIpc) is 2.69. The van der Waals surface area contributed by atoms with Crippen LogP contribution in [0.25, 0.3) is 17.0 Å². The van der Waals surface area contributed by atoms with Gasteiger partial charge in [-0.2, -0.15) is 0 Å². The number of esters is 1. The number of fused-ring (bicyclic) bond motifs is 1. The number of carbonyl (C=O) groups excluding carboxylic acids is 1. The number of nitrogens with one attached hydrogen (secondary N) is 1. The monoisotopic (exact) mass is 201 g/mol. The maximum Gasteiger partial charge on any atom is 0.330 e. The van der Waals surface area contributed by atoms with Gasteiger partial charge in [-0.05, 0) is 12.1 Å². The van der Waals surface area contributed by atoms with E-state index in [1.165, 1.54) is 13.2 Å². The Bertz CT molecular complexity index is 511. The quantitative estimate of drug-likeness (QED) is 0.598. The zero-order valence-electron chi connectivity index (χ0n) is 8.36. The average molecular weight is 201 g/mol. The smallest absolute Gasteiger partial charge is 0.330 e. The van der Waals surface area contributed by atoms with Gasteiger partial charge in [0.2, 0.25) is 0 Å². The van der Waals surface area contributed by atoms with Gasteiger partial charge in [-0.25, -0.2) is 4.79 Å². The van der Waals surface area contributed by atoms with Crippen molar-refractivity contribution in [2.75, 3.05) is 7.11 Å². The van der Waals surface area contributed by atoms with Gasteiger partial charge in [0, 0.05) is 28.7 Å². The molecule has 2 rings (SSSR count). The summed E-state index contributed by atoms with van der Waals surface area (Å²) >= 11 is 0. The van der Waals surface area contributed by atoms with Crippen LogP contribution < -0.4 is 0 Å². The molecule has 0 aliphatic carbocycles. The predicted molar refractivity (Wildman–Crippen MR) is 59.3 cm³/mol. The molecule has 76 valence electrons. The van der Waals surface area contributed by atoms with Crippen LogP contribution in [-0.4, -0.2) is 18.1 Å². The summed E-state index contributed by atoms with van der Waals surface area (Å²) in [6.45, 7) is 0. The minimum Gasteiger partial charge on any atom is -0.466 e. The molecular weight excluding hydrogens is 190 g/mol. The lowest BCUT2D eigenvalue weighted by Gasteiger charge is -1.91. The second kappa shape index (κ2) is 4.00. The molecule has 0 amide bonds. The molecule has 1 aromatic carbocycles. The van der Waals surface area contributed by atoms with E-state index in [0.717, 1.165) is 16.5 Å². The summed E-state index contributed by atoms with van der Waals surface area (Å²) in [5.41, 5.74) is 2.04. The van der Waals surface area contributed by atoms with E-state index < -0.39 is 0 Å². The number of hydrogen-bond donors (Lipinski definition) is 1. The molecule has 1 aromatic heterocycles. The van der Waals surface area contributed by atoms with Crippen LogP contribution >= 0.6 is 0 Å². The van der Waals surface area contributed by atoms with Crippen molar-refractivity contribution in [3.63, 3.8) is 0 Å². The molecule has 0 saturated heterocycles. The number of aromatic nitrogens is 1. The van der Waals surface area contributed by atoms with Crippen molar-refractivity contribution < 1.29 is 9.53 Å². The van der Waals surface area contributed by atoms with Crippen molar-refractivity contribution in [1.29, 1.82) is 0 Å². The highest BCUT2D eigenvalue weighted by Gasteiger charge is 1.99. The molecule has 0 atom stereocenters. The molecule has 0 unspecified atom stereocenters. The topological polar surface area (TPSA) is 42.1 Å². The van der Waals surface area contributed by atoms with E-state index in [2.05, 4.69) is 9.72 Å². The normalized spacial score (nSPS) is 11.0. The molecule has 1 N–H and O–H groups in total. The van der Waals surface area contributed by atoms with Crippen LogP contribution in [0.2, 0.25) is 0 Å². The lowest BCUT2D eigenvalue weighted by molar-refractivity contribution is -0.134. The van der Waals surface area contributed by atoms with Crippen molar-refractivity contribution >= 4 is 22.9 Å². The molecule has 3 nitrogen and oxygen atoms in total. The van der Waals surface area contributed by atoms with Gasteiger partial charge in [0.25, 0.3) is 0 Å². The van der Waals surface area contributed by atoms with Gasteiger partial charge in [-0.3, -0.25) is 0 Å². The van der Waals surface area contributed by atoms with Gasteiger partial charge in [0.15, 0.2) is 0 Å².